The van der Waals surface area contributed by atoms with Gasteiger partial charge in [0.1, 0.15) is 17.1 Å². The van der Waals surface area contributed by atoms with Gasteiger partial charge in [-0.1, -0.05) is 48.0 Å². The molecule has 3 aromatic rings. The predicted molar refractivity (Wildman–Crippen MR) is 111 cm³/mol. The van der Waals surface area contributed by atoms with Gasteiger partial charge < -0.3 is 14.6 Å². The van der Waals surface area contributed by atoms with Crippen molar-refractivity contribution in [3.05, 3.63) is 81.8 Å². The Morgan fingerprint density at radius 3 is 2.55 bits per heavy atom. The van der Waals surface area contributed by atoms with Crippen LogP contribution in [0.2, 0.25) is 0 Å². The second-order valence-corrected chi connectivity index (χ2v) is 7.32. The van der Waals surface area contributed by atoms with Crippen molar-refractivity contribution in [1.29, 1.82) is 0 Å². The van der Waals surface area contributed by atoms with Crippen molar-refractivity contribution in [2.45, 2.75) is 32.4 Å². The number of aryl methyl sites for hydroxylation is 1. The summed E-state index contributed by atoms with van der Waals surface area (Å²) in [5, 5.41) is 0. The van der Waals surface area contributed by atoms with Crippen LogP contribution in [0.5, 0.6) is 5.75 Å². The summed E-state index contributed by atoms with van der Waals surface area (Å²) in [6.07, 6.45) is 3.26. The highest BCUT2D eigenvalue weighted by Gasteiger charge is 2.34. The lowest BCUT2D eigenvalue weighted by Crippen LogP contribution is -2.36. The minimum Gasteiger partial charge on any atom is -0.496 e. The summed E-state index contributed by atoms with van der Waals surface area (Å²) in [6.45, 7) is 2.39. The molecule has 0 radical (unpaired) electrons. The van der Waals surface area contributed by atoms with Gasteiger partial charge in [0.15, 0.2) is 0 Å². The number of benzene rings is 2. The standard InChI is InChI=1S/C23H23N3O3/c1-15-7-9-16(10-8-15)21-24-13-19(22(27)25-21)23(28)26(18-11-12-18)14-17-5-3-4-6-20(17)29-2/h3-10,13,18H,11-12,14H2,1-2H3,(H,24,25,27). The maximum absolute atomic E-state index is 13.2. The lowest BCUT2D eigenvalue weighted by molar-refractivity contribution is 0.0726. The Labute approximate surface area is 169 Å². The van der Waals surface area contributed by atoms with Crippen LogP contribution in [-0.2, 0) is 6.54 Å². The number of rotatable bonds is 6. The highest BCUT2D eigenvalue weighted by molar-refractivity contribution is 5.94. The highest BCUT2D eigenvalue weighted by atomic mass is 16.5. The smallest absolute Gasteiger partial charge is 0.264 e. The number of carbonyl (C=O) groups is 1. The first kappa shape index (κ1) is 18.9. The average Bonchev–Trinajstić information content (AvgIpc) is 3.57. The molecule has 0 saturated heterocycles. The van der Waals surface area contributed by atoms with E-state index in [1.54, 1.807) is 12.0 Å². The fourth-order valence-corrected chi connectivity index (χ4v) is 3.33. The van der Waals surface area contributed by atoms with Gasteiger partial charge in [0, 0.05) is 29.9 Å². The number of hydrogen-bond acceptors (Lipinski definition) is 4. The van der Waals surface area contributed by atoms with Crippen LogP contribution in [0.3, 0.4) is 0 Å². The number of para-hydroxylation sites is 1. The molecular weight excluding hydrogens is 366 g/mol. The van der Waals surface area contributed by atoms with Crippen LogP contribution >= 0.6 is 0 Å². The zero-order valence-corrected chi connectivity index (χ0v) is 16.5. The quantitative estimate of drug-likeness (QED) is 0.699. The Bertz CT molecular complexity index is 1090. The van der Waals surface area contributed by atoms with Crippen molar-refractivity contribution in [2.75, 3.05) is 7.11 Å². The van der Waals surface area contributed by atoms with Gasteiger partial charge in [0.05, 0.1) is 7.11 Å². The van der Waals surface area contributed by atoms with Crippen molar-refractivity contribution in [3.63, 3.8) is 0 Å². The SMILES string of the molecule is COc1ccccc1CN(C(=O)c1cnc(-c2ccc(C)cc2)[nH]c1=O)C1CC1. The van der Waals surface area contributed by atoms with Crippen molar-refractivity contribution in [2.24, 2.45) is 0 Å². The number of nitrogens with zero attached hydrogens (tertiary/aromatic N) is 2. The third-order valence-corrected chi connectivity index (χ3v) is 5.14. The fourth-order valence-electron chi connectivity index (χ4n) is 3.33. The van der Waals surface area contributed by atoms with Gasteiger partial charge in [-0.3, -0.25) is 9.59 Å². The number of hydrogen-bond donors (Lipinski definition) is 1. The highest BCUT2D eigenvalue weighted by Crippen LogP contribution is 2.31. The molecule has 1 aliphatic carbocycles. The first-order valence-electron chi connectivity index (χ1n) is 9.66. The van der Waals surface area contributed by atoms with E-state index >= 15 is 0 Å². The lowest BCUT2D eigenvalue weighted by atomic mass is 10.1. The van der Waals surface area contributed by atoms with Crippen LogP contribution in [-0.4, -0.2) is 33.9 Å². The van der Waals surface area contributed by atoms with Crippen LogP contribution in [0, 0.1) is 6.92 Å². The van der Waals surface area contributed by atoms with E-state index in [-0.39, 0.29) is 17.5 Å². The molecule has 0 bridgehead atoms. The maximum atomic E-state index is 13.2. The summed E-state index contributed by atoms with van der Waals surface area (Å²) >= 11 is 0. The number of methoxy groups -OCH3 is 1. The largest absolute Gasteiger partial charge is 0.496 e. The number of H-pyrrole nitrogens is 1. The van der Waals surface area contributed by atoms with Gasteiger partial charge in [0.25, 0.3) is 11.5 Å². The monoisotopic (exact) mass is 389 g/mol. The zero-order chi connectivity index (χ0) is 20.4. The number of amides is 1. The molecule has 1 saturated carbocycles. The molecule has 1 heterocycles. The molecule has 1 aliphatic rings. The van der Waals surface area contributed by atoms with Crippen LogP contribution in [0.25, 0.3) is 11.4 Å². The molecule has 6 nitrogen and oxygen atoms in total. The second-order valence-electron chi connectivity index (χ2n) is 7.32. The number of ether oxygens (including phenoxy) is 1. The van der Waals surface area contributed by atoms with Gasteiger partial charge in [-0.15, -0.1) is 0 Å². The number of aromatic amines is 1. The maximum Gasteiger partial charge on any atom is 0.264 e. The van der Waals surface area contributed by atoms with Gasteiger partial charge in [-0.05, 0) is 25.8 Å². The van der Waals surface area contributed by atoms with E-state index in [9.17, 15) is 9.59 Å². The average molecular weight is 389 g/mol. The van der Waals surface area contributed by atoms with Crippen molar-refractivity contribution >= 4 is 5.91 Å². The van der Waals surface area contributed by atoms with E-state index in [2.05, 4.69) is 9.97 Å². The van der Waals surface area contributed by atoms with Gasteiger partial charge >= 0.3 is 0 Å². The van der Waals surface area contributed by atoms with Crippen LogP contribution < -0.4 is 10.3 Å². The second kappa shape index (κ2) is 7.91. The van der Waals surface area contributed by atoms with E-state index in [4.69, 9.17) is 4.74 Å². The van der Waals surface area contributed by atoms with Crippen LogP contribution in [0.4, 0.5) is 0 Å². The lowest BCUT2D eigenvalue weighted by Gasteiger charge is -2.23. The molecule has 0 unspecified atom stereocenters. The zero-order valence-electron chi connectivity index (χ0n) is 16.5. The predicted octanol–water partition coefficient (Wildman–Crippen LogP) is 3.56. The van der Waals surface area contributed by atoms with Crippen molar-refractivity contribution in [1.82, 2.24) is 14.9 Å². The summed E-state index contributed by atoms with van der Waals surface area (Å²) in [5.41, 5.74) is 2.48. The Balaban J connectivity index is 1.61. The molecule has 6 heteroatoms. The number of carbonyl (C=O) groups excluding carboxylic acids is 1. The molecule has 4 rings (SSSR count). The molecule has 1 fully saturated rings. The fraction of sp³-hybridized carbons (Fsp3) is 0.261. The molecule has 0 atom stereocenters. The molecular formula is C23H23N3O3. The summed E-state index contributed by atoms with van der Waals surface area (Å²) in [7, 11) is 1.61. The first-order chi connectivity index (χ1) is 14.1. The van der Waals surface area contributed by atoms with Gasteiger partial charge in [0.2, 0.25) is 0 Å². The summed E-state index contributed by atoms with van der Waals surface area (Å²) in [5.74, 6) is 0.879. The van der Waals surface area contributed by atoms with Crippen LogP contribution in [0.1, 0.15) is 34.3 Å². The first-order valence-corrected chi connectivity index (χ1v) is 9.66. The third kappa shape index (κ3) is 4.06. The minimum absolute atomic E-state index is 0.0580. The molecule has 0 aliphatic heterocycles. The molecule has 1 aromatic heterocycles. The van der Waals surface area contributed by atoms with Crippen molar-refractivity contribution in [3.8, 4) is 17.1 Å². The van der Waals surface area contributed by atoms with E-state index in [0.29, 0.717) is 12.4 Å². The van der Waals surface area contributed by atoms with Crippen molar-refractivity contribution < 1.29 is 9.53 Å². The van der Waals surface area contributed by atoms with E-state index in [1.807, 2.05) is 55.5 Å². The third-order valence-electron chi connectivity index (χ3n) is 5.14. The van der Waals surface area contributed by atoms with Gasteiger partial charge in [-0.25, -0.2) is 4.98 Å². The Kier molecular flexibility index (Phi) is 5.16. The number of aromatic nitrogens is 2. The molecule has 1 N–H and O–H groups in total. The Morgan fingerprint density at radius 2 is 1.90 bits per heavy atom. The molecule has 1 amide bonds. The van der Waals surface area contributed by atoms with Gasteiger partial charge in [-0.2, -0.15) is 0 Å². The van der Waals surface area contributed by atoms with E-state index in [1.165, 1.54) is 6.20 Å². The topological polar surface area (TPSA) is 75.3 Å². The Morgan fingerprint density at radius 1 is 1.17 bits per heavy atom. The summed E-state index contributed by atoms with van der Waals surface area (Å²) in [4.78, 5) is 34.7. The van der Waals surface area contributed by atoms with E-state index < -0.39 is 5.56 Å². The minimum atomic E-state index is -0.425. The number of nitrogens with one attached hydrogen (secondary N) is 1. The molecule has 2 aromatic carbocycles. The summed E-state index contributed by atoms with van der Waals surface area (Å²) < 4.78 is 5.41. The summed E-state index contributed by atoms with van der Waals surface area (Å²) in [6, 6.07) is 15.5. The normalized spacial score (nSPS) is 13.2. The Hall–Kier alpha value is -3.41. The molecule has 148 valence electrons. The molecule has 29 heavy (non-hydrogen) atoms. The molecule has 0 spiro atoms. The van der Waals surface area contributed by atoms with Crippen LogP contribution in [0.15, 0.2) is 59.5 Å². The van der Waals surface area contributed by atoms with E-state index in [0.717, 1.165) is 35.3 Å².